The van der Waals surface area contributed by atoms with Crippen LogP contribution < -0.4 is 4.74 Å². The third-order valence-electron chi connectivity index (χ3n) is 5.09. The molecule has 1 amide bonds. The van der Waals surface area contributed by atoms with Crippen molar-refractivity contribution in [3.63, 3.8) is 0 Å². The van der Waals surface area contributed by atoms with E-state index in [1.165, 1.54) is 18.4 Å². The lowest BCUT2D eigenvalue weighted by Crippen LogP contribution is -2.39. The zero-order valence-electron chi connectivity index (χ0n) is 17.2. The lowest BCUT2D eigenvalue weighted by atomic mass is 10.1. The summed E-state index contributed by atoms with van der Waals surface area (Å²) < 4.78 is 14.3. The van der Waals surface area contributed by atoms with Gasteiger partial charge in [0.15, 0.2) is 0 Å². The number of ether oxygens (including phenoxy) is 2. The van der Waals surface area contributed by atoms with E-state index in [1.54, 1.807) is 4.90 Å². The maximum atomic E-state index is 12.2. The van der Waals surface area contributed by atoms with E-state index in [2.05, 4.69) is 26.2 Å². The second-order valence-corrected chi connectivity index (χ2v) is 9.58. The van der Waals surface area contributed by atoms with Gasteiger partial charge in [-0.25, -0.2) is 9.48 Å². The number of carbonyl (C=O) groups is 1. The van der Waals surface area contributed by atoms with E-state index in [0.29, 0.717) is 19.7 Å². The summed E-state index contributed by atoms with van der Waals surface area (Å²) in [6.07, 6.45) is 5.12. The minimum absolute atomic E-state index is 0.267. The highest BCUT2D eigenvalue weighted by atomic mass is 79.9. The highest BCUT2D eigenvalue weighted by molar-refractivity contribution is 9.10. The summed E-state index contributed by atoms with van der Waals surface area (Å²) in [4.78, 5) is 13.9. The molecule has 1 aliphatic carbocycles. The van der Waals surface area contributed by atoms with Crippen molar-refractivity contribution in [1.82, 2.24) is 19.9 Å². The molecule has 1 aromatic heterocycles. The van der Waals surface area contributed by atoms with Gasteiger partial charge >= 0.3 is 6.09 Å². The Hall–Kier alpha value is -2.09. The van der Waals surface area contributed by atoms with E-state index in [0.717, 1.165) is 40.1 Å². The van der Waals surface area contributed by atoms with Crippen molar-refractivity contribution in [2.75, 3.05) is 19.7 Å². The zero-order chi connectivity index (χ0) is 20.6. The first kappa shape index (κ1) is 20.2. The molecule has 0 bridgehead atoms. The third-order valence-corrected chi connectivity index (χ3v) is 5.85. The Bertz CT molecular complexity index is 943. The predicted molar refractivity (Wildman–Crippen MR) is 114 cm³/mol. The SMILES string of the molecule is CC(C)(C)OC(=O)N1CC=C(COc2ccc3c(nnn3CC3CC3)c2Br)CC1. The largest absolute Gasteiger partial charge is 0.488 e. The second kappa shape index (κ2) is 7.97. The fourth-order valence-electron chi connectivity index (χ4n) is 3.28. The number of hydrogen-bond donors (Lipinski definition) is 0. The normalized spacial score (nSPS) is 17.4. The molecule has 2 aromatic rings. The van der Waals surface area contributed by atoms with Crippen molar-refractivity contribution in [2.24, 2.45) is 5.92 Å². The van der Waals surface area contributed by atoms with Gasteiger partial charge in [0.2, 0.25) is 0 Å². The van der Waals surface area contributed by atoms with Crippen molar-refractivity contribution >= 4 is 33.1 Å². The molecule has 0 spiro atoms. The van der Waals surface area contributed by atoms with Crippen molar-refractivity contribution < 1.29 is 14.3 Å². The summed E-state index contributed by atoms with van der Waals surface area (Å²) in [5.41, 5.74) is 2.56. The summed E-state index contributed by atoms with van der Waals surface area (Å²) >= 11 is 3.63. The maximum Gasteiger partial charge on any atom is 0.410 e. The van der Waals surface area contributed by atoms with E-state index in [4.69, 9.17) is 9.47 Å². The molecular formula is C21H27BrN4O3. The number of rotatable bonds is 5. The third kappa shape index (κ3) is 4.91. The molecule has 0 atom stereocenters. The van der Waals surface area contributed by atoms with Crippen molar-refractivity contribution in [3.8, 4) is 5.75 Å². The van der Waals surface area contributed by atoms with E-state index in [1.807, 2.05) is 43.7 Å². The number of benzene rings is 1. The monoisotopic (exact) mass is 462 g/mol. The number of fused-ring (bicyclic) bond motifs is 1. The number of halogens is 1. The van der Waals surface area contributed by atoms with Gasteiger partial charge in [-0.1, -0.05) is 11.3 Å². The van der Waals surface area contributed by atoms with Crippen LogP contribution in [0.25, 0.3) is 11.0 Å². The molecule has 156 valence electrons. The van der Waals surface area contributed by atoms with E-state index in [9.17, 15) is 4.79 Å². The molecule has 4 rings (SSSR count). The van der Waals surface area contributed by atoms with Crippen LogP contribution in [-0.2, 0) is 11.3 Å². The Morgan fingerprint density at radius 1 is 1.31 bits per heavy atom. The zero-order valence-corrected chi connectivity index (χ0v) is 18.7. The van der Waals surface area contributed by atoms with Crippen LogP contribution in [0.5, 0.6) is 5.75 Å². The van der Waals surface area contributed by atoms with Gasteiger partial charge in [-0.2, -0.15) is 0 Å². The van der Waals surface area contributed by atoms with Crippen LogP contribution in [0.15, 0.2) is 28.3 Å². The molecule has 1 aromatic carbocycles. The molecule has 2 aliphatic rings. The molecule has 0 unspecified atom stereocenters. The Labute approximate surface area is 179 Å². The molecule has 0 N–H and O–H groups in total. The Kier molecular flexibility index (Phi) is 5.55. The standard InChI is InChI=1S/C21H27BrN4O3/c1-21(2,3)29-20(27)25-10-8-15(9-11-25)13-28-17-7-6-16-19(18(17)22)23-24-26(16)12-14-4-5-14/h6-8,14H,4-5,9-13H2,1-3H3. The van der Waals surface area contributed by atoms with Crippen LogP contribution in [0, 0.1) is 5.92 Å². The second-order valence-electron chi connectivity index (χ2n) is 8.79. The molecule has 0 saturated heterocycles. The molecule has 2 heterocycles. The maximum absolute atomic E-state index is 12.2. The first-order chi connectivity index (χ1) is 13.8. The average Bonchev–Trinajstić information content (AvgIpc) is 3.39. The molecule has 1 saturated carbocycles. The number of amides is 1. The summed E-state index contributed by atoms with van der Waals surface area (Å²) in [7, 11) is 0. The first-order valence-corrected chi connectivity index (χ1v) is 10.9. The van der Waals surface area contributed by atoms with Gasteiger partial charge in [0, 0.05) is 19.6 Å². The minimum Gasteiger partial charge on any atom is -0.488 e. The molecule has 29 heavy (non-hydrogen) atoms. The Balaban J connectivity index is 1.36. The van der Waals surface area contributed by atoms with Crippen molar-refractivity contribution in [2.45, 2.75) is 52.2 Å². The van der Waals surface area contributed by atoms with Gasteiger partial charge in [-0.15, -0.1) is 5.10 Å². The first-order valence-electron chi connectivity index (χ1n) is 10.1. The number of carbonyl (C=O) groups excluding carboxylic acids is 1. The van der Waals surface area contributed by atoms with Gasteiger partial charge in [0.05, 0.1) is 9.99 Å². The van der Waals surface area contributed by atoms with Crippen LogP contribution >= 0.6 is 15.9 Å². The quantitative estimate of drug-likeness (QED) is 0.609. The van der Waals surface area contributed by atoms with Crippen molar-refractivity contribution in [1.29, 1.82) is 0 Å². The van der Waals surface area contributed by atoms with E-state index in [-0.39, 0.29) is 6.09 Å². The van der Waals surface area contributed by atoms with Crippen LogP contribution in [0.3, 0.4) is 0 Å². The van der Waals surface area contributed by atoms with Gasteiger partial charge in [0.1, 0.15) is 23.5 Å². The molecule has 0 radical (unpaired) electrons. The molecule has 7 nitrogen and oxygen atoms in total. The number of nitrogens with zero attached hydrogens (tertiary/aromatic N) is 4. The van der Waals surface area contributed by atoms with Crippen LogP contribution in [-0.4, -0.2) is 51.3 Å². The summed E-state index contributed by atoms with van der Waals surface area (Å²) in [6, 6.07) is 3.99. The summed E-state index contributed by atoms with van der Waals surface area (Å²) in [5, 5.41) is 8.62. The number of hydrogen-bond acceptors (Lipinski definition) is 5. The summed E-state index contributed by atoms with van der Waals surface area (Å²) in [5.74, 6) is 1.50. The fourth-order valence-corrected chi connectivity index (χ4v) is 3.81. The van der Waals surface area contributed by atoms with Gasteiger partial charge in [-0.3, -0.25) is 0 Å². The van der Waals surface area contributed by atoms with Gasteiger partial charge in [0.25, 0.3) is 0 Å². The molecular weight excluding hydrogens is 436 g/mol. The molecule has 1 fully saturated rings. The fraction of sp³-hybridized carbons (Fsp3) is 0.571. The molecule has 8 heteroatoms. The van der Waals surface area contributed by atoms with Gasteiger partial charge in [-0.05, 0) is 79.6 Å². The van der Waals surface area contributed by atoms with E-state index >= 15 is 0 Å². The van der Waals surface area contributed by atoms with Crippen LogP contribution in [0.1, 0.15) is 40.0 Å². The smallest absolute Gasteiger partial charge is 0.410 e. The number of aromatic nitrogens is 3. The van der Waals surface area contributed by atoms with Crippen molar-refractivity contribution in [3.05, 3.63) is 28.3 Å². The predicted octanol–water partition coefficient (Wildman–Crippen LogP) is 4.55. The topological polar surface area (TPSA) is 69.5 Å². The molecule has 1 aliphatic heterocycles. The lowest BCUT2D eigenvalue weighted by molar-refractivity contribution is 0.0264. The van der Waals surface area contributed by atoms with Crippen LogP contribution in [0.4, 0.5) is 4.79 Å². The summed E-state index contributed by atoms with van der Waals surface area (Å²) in [6.45, 7) is 8.24. The van der Waals surface area contributed by atoms with E-state index < -0.39 is 5.60 Å². The Morgan fingerprint density at radius 3 is 2.76 bits per heavy atom. The highest BCUT2D eigenvalue weighted by Crippen LogP contribution is 2.35. The highest BCUT2D eigenvalue weighted by Gasteiger charge is 2.25. The average molecular weight is 463 g/mol. The Morgan fingerprint density at radius 2 is 2.10 bits per heavy atom. The van der Waals surface area contributed by atoms with Gasteiger partial charge < -0.3 is 14.4 Å². The van der Waals surface area contributed by atoms with Crippen LogP contribution in [0.2, 0.25) is 0 Å². The lowest BCUT2D eigenvalue weighted by Gasteiger charge is -2.29. The minimum atomic E-state index is -0.477.